The van der Waals surface area contributed by atoms with Crippen LogP contribution < -0.4 is 19.5 Å². The molecule has 0 saturated carbocycles. The van der Waals surface area contributed by atoms with Crippen molar-refractivity contribution in [1.29, 1.82) is 0 Å². The number of hydrogen-bond acceptors (Lipinski definition) is 4. The predicted molar refractivity (Wildman–Crippen MR) is 94.2 cm³/mol. The summed E-state index contributed by atoms with van der Waals surface area (Å²) in [6.45, 7) is 2.01. The van der Waals surface area contributed by atoms with Gasteiger partial charge in [-0.15, -0.1) is 0 Å². The quantitative estimate of drug-likeness (QED) is 0.812. The summed E-state index contributed by atoms with van der Waals surface area (Å²) in [5.41, 5.74) is 1.37. The van der Waals surface area contributed by atoms with Crippen LogP contribution in [-0.4, -0.2) is 19.8 Å². The van der Waals surface area contributed by atoms with Crippen LogP contribution in [0, 0.1) is 0 Å². The minimum atomic E-state index is -0.241. The summed E-state index contributed by atoms with van der Waals surface area (Å²) in [5, 5.41) is 3.30. The third-order valence-electron chi connectivity index (χ3n) is 3.71. The third kappa shape index (κ3) is 3.30. The first-order valence-electron chi connectivity index (χ1n) is 7.23. The lowest BCUT2D eigenvalue weighted by Gasteiger charge is -2.16. The van der Waals surface area contributed by atoms with Gasteiger partial charge < -0.3 is 19.5 Å². The van der Waals surface area contributed by atoms with Crippen molar-refractivity contribution in [2.75, 3.05) is 13.9 Å². The molecule has 0 bridgehead atoms. The van der Waals surface area contributed by atoms with E-state index in [0.29, 0.717) is 22.1 Å². The van der Waals surface area contributed by atoms with Crippen molar-refractivity contribution >= 4 is 33.4 Å². The normalized spacial score (nSPS) is 13.5. The van der Waals surface area contributed by atoms with Gasteiger partial charge in [-0.1, -0.05) is 17.7 Å². The summed E-state index contributed by atoms with van der Waals surface area (Å²) in [7, 11) is 1.61. The van der Waals surface area contributed by atoms with Gasteiger partial charge in [0.25, 0.3) is 5.91 Å². The number of rotatable bonds is 4. The van der Waals surface area contributed by atoms with E-state index in [1.165, 1.54) is 0 Å². The first kappa shape index (κ1) is 16.9. The zero-order chi connectivity index (χ0) is 17.3. The highest BCUT2D eigenvalue weighted by Gasteiger charge is 2.21. The molecule has 0 saturated heterocycles. The van der Waals surface area contributed by atoms with Crippen molar-refractivity contribution in [2.45, 2.75) is 13.0 Å². The fourth-order valence-electron chi connectivity index (χ4n) is 2.41. The maximum atomic E-state index is 12.5. The molecule has 7 heteroatoms. The molecule has 5 nitrogen and oxygen atoms in total. The highest BCUT2D eigenvalue weighted by molar-refractivity contribution is 9.10. The zero-order valence-electron chi connectivity index (χ0n) is 13.1. The number of methoxy groups -OCH3 is 1. The van der Waals surface area contributed by atoms with Gasteiger partial charge in [0.1, 0.15) is 5.75 Å². The van der Waals surface area contributed by atoms with Crippen molar-refractivity contribution in [1.82, 2.24) is 5.32 Å². The number of halogens is 2. The number of carbonyl (C=O) groups excluding carboxylic acids is 1. The van der Waals surface area contributed by atoms with E-state index in [1.54, 1.807) is 19.2 Å². The molecular weight excluding hydrogens is 398 g/mol. The number of carbonyl (C=O) groups is 1. The van der Waals surface area contributed by atoms with E-state index in [1.807, 2.05) is 25.1 Å². The van der Waals surface area contributed by atoms with E-state index in [4.69, 9.17) is 25.8 Å². The van der Waals surface area contributed by atoms with Crippen LogP contribution in [0.1, 0.15) is 28.9 Å². The number of benzene rings is 2. The van der Waals surface area contributed by atoms with Gasteiger partial charge in [0.15, 0.2) is 11.5 Å². The Labute approximate surface area is 153 Å². The maximum Gasteiger partial charge on any atom is 0.251 e. The molecule has 2 aromatic rings. The predicted octanol–water partition coefficient (Wildman–Crippen LogP) is 4.33. The Morgan fingerprint density at radius 3 is 2.83 bits per heavy atom. The summed E-state index contributed by atoms with van der Waals surface area (Å²) in [6.07, 6.45) is 0. The number of fused-ring (bicyclic) bond motifs is 1. The van der Waals surface area contributed by atoms with Crippen molar-refractivity contribution < 1.29 is 19.0 Å². The molecule has 0 aliphatic carbocycles. The number of nitrogens with one attached hydrogen (secondary N) is 1. The van der Waals surface area contributed by atoms with Crippen molar-refractivity contribution in [3.05, 3.63) is 51.0 Å². The molecule has 1 N–H and O–H groups in total. The van der Waals surface area contributed by atoms with Crippen LogP contribution in [0.3, 0.4) is 0 Å². The van der Waals surface area contributed by atoms with Crippen LogP contribution in [0.15, 0.2) is 34.8 Å². The fourth-order valence-corrected chi connectivity index (χ4v) is 3.24. The lowest BCUT2D eigenvalue weighted by Crippen LogP contribution is -2.26. The van der Waals surface area contributed by atoms with Gasteiger partial charge in [0, 0.05) is 5.56 Å². The Morgan fingerprint density at radius 2 is 2.12 bits per heavy atom. The van der Waals surface area contributed by atoms with Gasteiger partial charge in [-0.05, 0) is 52.7 Å². The van der Waals surface area contributed by atoms with E-state index in [-0.39, 0.29) is 18.7 Å². The lowest BCUT2D eigenvalue weighted by molar-refractivity contribution is 0.0939. The van der Waals surface area contributed by atoms with Crippen LogP contribution in [0.25, 0.3) is 0 Å². The fraction of sp³-hybridized carbons (Fsp3) is 0.235. The van der Waals surface area contributed by atoms with Crippen molar-refractivity contribution in [3.63, 3.8) is 0 Å². The minimum Gasteiger partial charge on any atom is -0.496 e. The average Bonchev–Trinajstić information content (AvgIpc) is 3.03. The largest absolute Gasteiger partial charge is 0.496 e. The Bertz CT molecular complexity index is 796. The molecular formula is C17H15BrClNO4. The second kappa shape index (κ2) is 6.91. The Kier molecular flexibility index (Phi) is 4.87. The van der Waals surface area contributed by atoms with Gasteiger partial charge in [-0.3, -0.25) is 4.79 Å². The molecule has 126 valence electrons. The van der Waals surface area contributed by atoms with Crippen LogP contribution in [0.4, 0.5) is 0 Å². The smallest absolute Gasteiger partial charge is 0.251 e. The molecule has 0 spiro atoms. The third-order valence-corrected chi connectivity index (χ3v) is 4.61. The molecule has 1 aliphatic rings. The number of hydrogen-bond donors (Lipinski definition) is 1. The average molecular weight is 413 g/mol. The first-order valence-corrected chi connectivity index (χ1v) is 8.40. The van der Waals surface area contributed by atoms with E-state index in [2.05, 4.69) is 21.2 Å². The van der Waals surface area contributed by atoms with Crippen LogP contribution >= 0.6 is 27.5 Å². The monoisotopic (exact) mass is 411 g/mol. The Hall–Kier alpha value is -1.92. The van der Waals surface area contributed by atoms with Gasteiger partial charge in [0.2, 0.25) is 6.79 Å². The molecule has 24 heavy (non-hydrogen) atoms. The molecule has 2 aromatic carbocycles. The molecule has 0 aromatic heterocycles. The summed E-state index contributed by atoms with van der Waals surface area (Å²) < 4.78 is 16.6. The van der Waals surface area contributed by atoms with E-state index < -0.39 is 0 Å². The molecule has 0 unspecified atom stereocenters. The minimum absolute atomic E-state index is 0.108. The van der Waals surface area contributed by atoms with Crippen LogP contribution in [-0.2, 0) is 0 Å². The molecule has 1 aliphatic heterocycles. The molecule has 0 radical (unpaired) electrons. The second-order valence-electron chi connectivity index (χ2n) is 5.28. The van der Waals surface area contributed by atoms with Gasteiger partial charge >= 0.3 is 0 Å². The number of amides is 1. The topological polar surface area (TPSA) is 56.8 Å². The lowest BCUT2D eigenvalue weighted by atomic mass is 10.1. The number of ether oxygens (including phenoxy) is 3. The maximum absolute atomic E-state index is 12.5. The standard InChI is InChI=1S/C17H15BrClNO4/c1-9(10-3-4-14(22-2)12(18)5-10)20-17(21)11-6-13(19)16-15(7-11)23-8-24-16/h3-7,9H,8H2,1-2H3,(H,20,21)/t9-/m1/s1. The molecule has 0 fully saturated rings. The summed E-state index contributed by atoms with van der Waals surface area (Å²) >= 11 is 9.57. The van der Waals surface area contributed by atoms with E-state index >= 15 is 0 Å². The first-order chi connectivity index (χ1) is 11.5. The zero-order valence-corrected chi connectivity index (χ0v) is 15.4. The second-order valence-corrected chi connectivity index (χ2v) is 6.54. The van der Waals surface area contributed by atoms with Crippen molar-refractivity contribution in [2.24, 2.45) is 0 Å². The highest BCUT2D eigenvalue weighted by Crippen LogP contribution is 2.39. The van der Waals surface area contributed by atoms with Gasteiger partial charge in [0.05, 0.1) is 22.6 Å². The van der Waals surface area contributed by atoms with Gasteiger partial charge in [-0.25, -0.2) is 0 Å². The Balaban J connectivity index is 1.77. The van der Waals surface area contributed by atoms with Crippen LogP contribution in [0.5, 0.6) is 17.2 Å². The molecule has 1 amide bonds. The summed E-state index contributed by atoms with van der Waals surface area (Å²) in [5.74, 6) is 1.45. The SMILES string of the molecule is COc1ccc([C@@H](C)NC(=O)c2cc(Cl)c3c(c2)OCO3)cc1Br. The van der Waals surface area contributed by atoms with Crippen molar-refractivity contribution in [3.8, 4) is 17.2 Å². The highest BCUT2D eigenvalue weighted by atomic mass is 79.9. The molecule has 1 atom stereocenters. The molecule has 1 heterocycles. The van der Waals surface area contributed by atoms with E-state index in [0.717, 1.165) is 15.8 Å². The summed E-state index contributed by atoms with van der Waals surface area (Å²) in [6, 6.07) is 8.67. The summed E-state index contributed by atoms with van der Waals surface area (Å²) in [4.78, 5) is 12.5. The van der Waals surface area contributed by atoms with E-state index in [9.17, 15) is 4.79 Å². The molecule has 3 rings (SSSR count). The van der Waals surface area contributed by atoms with Gasteiger partial charge in [-0.2, -0.15) is 0 Å². The van der Waals surface area contributed by atoms with Crippen LogP contribution in [0.2, 0.25) is 5.02 Å². The Morgan fingerprint density at radius 1 is 1.33 bits per heavy atom.